The minimum Gasteiger partial charge on any atom is -0.397 e. The molecule has 1 aromatic heterocycles. The van der Waals surface area contributed by atoms with E-state index in [2.05, 4.69) is 24.4 Å². The Labute approximate surface area is 87.4 Å². The van der Waals surface area contributed by atoms with Crippen molar-refractivity contribution in [2.45, 2.75) is 6.92 Å². The van der Waals surface area contributed by atoms with Gasteiger partial charge in [-0.15, -0.1) is 11.3 Å². The molecule has 0 saturated heterocycles. The van der Waals surface area contributed by atoms with Gasteiger partial charge in [0.15, 0.2) is 0 Å². The van der Waals surface area contributed by atoms with Gasteiger partial charge in [0.1, 0.15) is 0 Å². The van der Waals surface area contributed by atoms with E-state index in [1.165, 1.54) is 4.88 Å². The van der Waals surface area contributed by atoms with Crippen LogP contribution in [0.5, 0.6) is 0 Å². The fourth-order valence-corrected chi connectivity index (χ4v) is 2.03. The number of thiophene rings is 1. The van der Waals surface area contributed by atoms with Crippen LogP contribution in [0.1, 0.15) is 4.88 Å². The third-order valence-corrected chi connectivity index (χ3v) is 2.88. The summed E-state index contributed by atoms with van der Waals surface area (Å²) >= 11 is 1.72. The van der Waals surface area contributed by atoms with E-state index < -0.39 is 0 Å². The van der Waals surface area contributed by atoms with Gasteiger partial charge < -0.3 is 11.1 Å². The SMILES string of the molecule is Cc1ccc(Nc2ccccc2N)s1. The average Bonchev–Trinajstić information content (AvgIpc) is 2.56. The number of benzene rings is 1. The number of hydrogen-bond acceptors (Lipinski definition) is 3. The summed E-state index contributed by atoms with van der Waals surface area (Å²) in [6.07, 6.45) is 0. The van der Waals surface area contributed by atoms with Crippen LogP contribution in [-0.4, -0.2) is 0 Å². The largest absolute Gasteiger partial charge is 0.397 e. The Bertz CT molecular complexity index is 434. The summed E-state index contributed by atoms with van der Waals surface area (Å²) in [5.74, 6) is 0. The highest BCUT2D eigenvalue weighted by molar-refractivity contribution is 7.16. The molecule has 0 unspecified atom stereocenters. The molecule has 0 aliphatic carbocycles. The molecule has 3 heteroatoms. The molecular weight excluding hydrogens is 192 g/mol. The molecule has 2 nitrogen and oxygen atoms in total. The van der Waals surface area contributed by atoms with Crippen molar-refractivity contribution in [1.82, 2.24) is 0 Å². The molecule has 3 N–H and O–H groups in total. The van der Waals surface area contributed by atoms with Gasteiger partial charge in [-0.2, -0.15) is 0 Å². The van der Waals surface area contributed by atoms with E-state index in [-0.39, 0.29) is 0 Å². The van der Waals surface area contributed by atoms with Gasteiger partial charge in [-0.25, -0.2) is 0 Å². The average molecular weight is 204 g/mol. The lowest BCUT2D eigenvalue weighted by Crippen LogP contribution is -1.93. The molecule has 0 atom stereocenters. The van der Waals surface area contributed by atoms with Crippen LogP contribution in [-0.2, 0) is 0 Å². The fourth-order valence-electron chi connectivity index (χ4n) is 1.25. The summed E-state index contributed by atoms with van der Waals surface area (Å²) in [5.41, 5.74) is 7.56. The van der Waals surface area contributed by atoms with E-state index in [0.29, 0.717) is 0 Å². The number of rotatable bonds is 2. The third kappa shape index (κ3) is 1.88. The molecular formula is C11H12N2S. The molecule has 0 aliphatic rings. The first-order valence-corrected chi connectivity index (χ1v) is 5.25. The van der Waals surface area contributed by atoms with Crippen molar-refractivity contribution in [1.29, 1.82) is 0 Å². The zero-order valence-electron chi connectivity index (χ0n) is 7.95. The monoisotopic (exact) mass is 204 g/mol. The molecule has 0 radical (unpaired) electrons. The molecule has 1 heterocycles. The van der Waals surface area contributed by atoms with Crippen LogP contribution in [0.25, 0.3) is 0 Å². The number of nitrogens with two attached hydrogens (primary N) is 1. The number of aryl methyl sites for hydroxylation is 1. The Kier molecular flexibility index (Phi) is 2.41. The van der Waals surface area contributed by atoms with Crippen LogP contribution < -0.4 is 11.1 Å². The van der Waals surface area contributed by atoms with Gasteiger partial charge in [-0.3, -0.25) is 0 Å². The minimum atomic E-state index is 0.776. The molecule has 72 valence electrons. The van der Waals surface area contributed by atoms with Crippen LogP contribution in [0.15, 0.2) is 36.4 Å². The number of nitrogens with one attached hydrogen (secondary N) is 1. The Morgan fingerprint density at radius 2 is 1.93 bits per heavy atom. The normalized spacial score (nSPS) is 10.1. The molecule has 0 fully saturated rings. The smallest absolute Gasteiger partial charge is 0.0929 e. The van der Waals surface area contributed by atoms with Crippen molar-refractivity contribution in [3.8, 4) is 0 Å². The van der Waals surface area contributed by atoms with Crippen molar-refractivity contribution >= 4 is 27.7 Å². The van der Waals surface area contributed by atoms with Gasteiger partial charge in [0.25, 0.3) is 0 Å². The van der Waals surface area contributed by atoms with Crippen LogP contribution in [0.3, 0.4) is 0 Å². The molecule has 0 aliphatic heterocycles. The first-order chi connectivity index (χ1) is 6.75. The Morgan fingerprint density at radius 3 is 2.57 bits per heavy atom. The van der Waals surface area contributed by atoms with Crippen molar-refractivity contribution in [3.63, 3.8) is 0 Å². The van der Waals surface area contributed by atoms with Gasteiger partial charge in [0.05, 0.1) is 16.4 Å². The lowest BCUT2D eigenvalue weighted by Gasteiger charge is -2.05. The second-order valence-corrected chi connectivity index (χ2v) is 4.41. The molecule has 2 rings (SSSR count). The van der Waals surface area contributed by atoms with E-state index in [0.717, 1.165) is 16.4 Å². The molecule has 0 spiro atoms. The maximum atomic E-state index is 5.82. The van der Waals surface area contributed by atoms with Gasteiger partial charge >= 0.3 is 0 Å². The van der Waals surface area contributed by atoms with Crippen molar-refractivity contribution in [2.24, 2.45) is 0 Å². The Balaban J connectivity index is 2.23. The Morgan fingerprint density at radius 1 is 1.14 bits per heavy atom. The Hall–Kier alpha value is -1.48. The van der Waals surface area contributed by atoms with E-state index in [4.69, 9.17) is 5.73 Å². The quantitative estimate of drug-likeness (QED) is 0.736. The summed E-state index contributed by atoms with van der Waals surface area (Å²) < 4.78 is 0. The summed E-state index contributed by atoms with van der Waals surface area (Å²) in [6.45, 7) is 2.09. The summed E-state index contributed by atoms with van der Waals surface area (Å²) in [4.78, 5) is 1.29. The number of para-hydroxylation sites is 2. The second-order valence-electron chi connectivity index (χ2n) is 3.12. The van der Waals surface area contributed by atoms with Crippen LogP contribution in [0, 0.1) is 6.92 Å². The standard InChI is InChI=1S/C11H12N2S/c1-8-6-7-11(14-8)13-10-5-3-2-4-9(10)12/h2-7,13H,12H2,1H3. The van der Waals surface area contributed by atoms with Gasteiger partial charge in [-0.1, -0.05) is 12.1 Å². The maximum Gasteiger partial charge on any atom is 0.0929 e. The fraction of sp³-hybridized carbons (Fsp3) is 0.0909. The van der Waals surface area contributed by atoms with E-state index in [9.17, 15) is 0 Å². The number of anilines is 3. The maximum absolute atomic E-state index is 5.82. The third-order valence-electron chi connectivity index (χ3n) is 1.96. The molecule has 0 amide bonds. The highest BCUT2D eigenvalue weighted by Gasteiger charge is 1.99. The van der Waals surface area contributed by atoms with Gasteiger partial charge in [0.2, 0.25) is 0 Å². The zero-order valence-corrected chi connectivity index (χ0v) is 8.77. The van der Waals surface area contributed by atoms with Gasteiger partial charge in [-0.05, 0) is 31.2 Å². The minimum absolute atomic E-state index is 0.776. The van der Waals surface area contributed by atoms with Crippen LogP contribution >= 0.6 is 11.3 Å². The lowest BCUT2D eigenvalue weighted by atomic mass is 10.3. The molecule has 1 aromatic carbocycles. The highest BCUT2D eigenvalue weighted by atomic mass is 32.1. The van der Waals surface area contributed by atoms with Gasteiger partial charge in [0, 0.05) is 4.88 Å². The van der Waals surface area contributed by atoms with E-state index in [1.807, 2.05) is 24.3 Å². The zero-order chi connectivity index (χ0) is 9.97. The molecule has 0 bridgehead atoms. The summed E-state index contributed by atoms with van der Waals surface area (Å²) in [7, 11) is 0. The first kappa shape index (κ1) is 9.09. The molecule has 0 saturated carbocycles. The number of nitrogen functional groups attached to an aromatic ring is 1. The highest BCUT2D eigenvalue weighted by Crippen LogP contribution is 2.27. The first-order valence-electron chi connectivity index (χ1n) is 4.43. The van der Waals surface area contributed by atoms with E-state index in [1.54, 1.807) is 11.3 Å². The van der Waals surface area contributed by atoms with Crippen LogP contribution in [0.4, 0.5) is 16.4 Å². The van der Waals surface area contributed by atoms with Crippen molar-refractivity contribution in [2.75, 3.05) is 11.1 Å². The second kappa shape index (κ2) is 3.72. The topological polar surface area (TPSA) is 38.0 Å². The summed E-state index contributed by atoms with van der Waals surface area (Å²) in [5, 5.41) is 4.41. The van der Waals surface area contributed by atoms with E-state index >= 15 is 0 Å². The van der Waals surface area contributed by atoms with Crippen LogP contribution in [0.2, 0.25) is 0 Å². The van der Waals surface area contributed by atoms with Crippen molar-refractivity contribution < 1.29 is 0 Å². The molecule has 14 heavy (non-hydrogen) atoms. The summed E-state index contributed by atoms with van der Waals surface area (Å²) in [6, 6.07) is 11.9. The number of hydrogen-bond donors (Lipinski definition) is 2. The van der Waals surface area contributed by atoms with Crippen molar-refractivity contribution in [3.05, 3.63) is 41.3 Å². The lowest BCUT2D eigenvalue weighted by molar-refractivity contribution is 1.60. The predicted molar refractivity (Wildman–Crippen MR) is 63.2 cm³/mol. The molecule has 2 aromatic rings. The predicted octanol–water partition coefficient (Wildman–Crippen LogP) is 3.38.